The molecule has 0 aliphatic rings. The van der Waals surface area contributed by atoms with Crippen LogP contribution in [0.1, 0.15) is 0 Å². The largest absolute Gasteiger partial charge is 0.343 e. The van der Waals surface area contributed by atoms with Crippen molar-refractivity contribution in [1.82, 2.24) is 19.5 Å². The van der Waals surface area contributed by atoms with Crippen molar-refractivity contribution in [3.8, 4) is 22.8 Å². The second kappa shape index (κ2) is 7.62. The SMILES string of the molecule is Cn1c2cc(-c3nc(Cl)nc(-c4ccccc4)n3)ccc2c2c3ccccc3c3ccccc3c21. The predicted octanol–water partition coefficient (Wildman–Crippen LogP) is 7.81. The highest BCUT2D eigenvalue weighted by atomic mass is 35.5. The molecular formula is C30H19ClN4. The van der Waals surface area contributed by atoms with Gasteiger partial charge in [0.2, 0.25) is 5.28 Å². The Labute approximate surface area is 206 Å². The highest BCUT2D eigenvalue weighted by Crippen LogP contribution is 2.41. The maximum Gasteiger partial charge on any atom is 0.226 e. The van der Waals surface area contributed by atoms with Gasteiger partial charge in [0.15, 0.2) is 11.6 Å². The number of nitrogens with zero attached hydrogens (tertiary/aromatic N) is 4. The fourth-order valence-electron chi connectivity index (χ4n) is 5.22. The summed E-state index contributed by atoms with van der Waals surface area (Å²) >= 11 is 6.33. The number of aryl methyl sites for hydroxylation is 1. The third kappa shape index (κ3) is 3.04. The number of rotatable bonds is 2. The molecule has 4 nitrogen and oxygen atoms in total. The Morgan fingerprint density at radius 2 is 1.17 bits per heavy atom. The van der Waals surface area contributed by atoms with Gasteiger partial charge in [0.1, 0.15) is 0 Å². The van der Waals surface area contributed by atoms with Gasteiger partial charge in [-0.25, -0.2) is 4.98 Å². The van der Waals surface area contributed by atoms with Gasteiger partial charge in [-0.15, -0.1) is 0 Å². The Balaban J connectivity index is 1.53. The molecule has 166 valence electrons. The van der Waals surface area contributed by atoms with Crippen molar-refractivity contribution in [2.75, 3.05) is 0 Å². The molecule has 5 aromatic carbocycles. The van der Waals surface area contributed by atoms with Crippen molar-refractivity contribution in [1.29, 1.82) is 0 Å². The zero-order chi connectivity index (χ0) is 23.5. The molecule has 0 radical (unpaired) electrons. The van der Waals surface area contributed by atoms with E-state index in [1.165, 1.54) is 37.8 Å². The van der Waals surface area contributed by atoms with E-state index in [-0.39, 0.29) is 5.28 Å². The number of benzene rings is 5. The molecular weight excluding hydrogens is 452 g/mol. The van der Waals surface area contributed by atoms with Crippen molar-refractivity contribution in [3.63, 3.8) is 0 Å². The summed E-state index contributed by atoms with van der Waals surface area (Å²) in [6, 6.07) is 33.5. The first-order valence-corrected chi connectivity index (χ1v) is 11.9. The average Bonchev–Trinajstić information content (AvgIpc) is 3.21. The molecule has 0 spiro atoms. The molecule has 2 heterocycles. The molecule has 0 N–H and O–H groups in total. The van der Waals surface area contributed by atoms with Crippen LogP contribution in [-0.4, -0.2) is 19.5 Å². The highest BCUT2D eigenvalue weighted by Gasteiger charge is 2.17. The monoisotopic (exact) mass is 470 g/mol. The first kappa shape index (κ1) is 20.1. The van der Waals surface area contributed by atoms with Crippen molar-refractivity contribution < 1.29 is 0 Å². The van der Waals surface area contributed by atoms with Gasteiger partial charge in [0, 0.05) is 39.8 Å². The quantitative estimate of drug-likeness (QED) is 0.242. The van der Waals surface area contributed by atoms with Crippen LogP contribution in [0.5, 0.6) is 0 Å². The maximum atomic E-state index is 6.33. The lowest BCUT2D eigenvalue weighted by atomic mass is 9.96. The lowest BCUT2D eigenvalue weighted by Gasteiger charge is -2.08. The summed E-state index contributed by atoms with van der Waals surface area (Å²) in [6.45, 7) is 0. The van der Waals surface area contributed by atoms with E-state index in [0.29, 0.717) is 11.6 Å². The predicted molar refractivity (Wildman–Crippen MR) is 145 cm³/mol. The summed E-state index contributed by atoms with van der Waals surface area (Å²) in [5.41, 5.74) is 4.15. The van der Waals surface area contributed by atoms with Crippen LogP contribution >= 0.6 is 11.6 Å². The van der Waals surface area contributed by atoms with E-state index in [9.17, 15) is 0 Å². The van der Waals surface area contributed by atoms with Gasteiger partial charge < -0.3 is 4.57 Å². The topological polar surface area (TPSA) is 43.6 Å². The number of halogens is 1. The van der Waals surface area contributed by atoms with Gasteiger partial charge in [-0.2, -0.15) is 9.97 Å². The Morgan fingerprint density at radius 3 is 1.91 bits per heavy atom. The van der Waals surface area contributed by atoms with Crippen LogP contribution in [0.3, 0.4) is 0 Å². The minimum Gasteiger partial charge on any atom is -0.343 e. The molecule has 0 bridgehead atoms. The molecule has 0 fully saturated rings. The van der Waals surface area contributed by atoms with Gasteiger partial charge in [0.05, 0.1) is 5.52 Å². The van der Waals surface area contributed by atoms with E-state index in [0.717, 1.165) is 16.6 Å². The number of aromatic nitrogens is 4. The number of fused-ring (bicyclic) bond motifs is 8. The summed E-state index contributed by atoms with van der Waals surface area (Å²) < 4.78 is 2.28. The zero-order valence-corrected chi connectivity index (χ0v) is 19.7. The Kier molecular flexibility index (Phi) is 4.38. The van der Waals surface area contributed by atoms with Crippen molar-refractivity contribution in [2.24, 2.45) is 7.05 Å². The molecule has 0 aliphatic carbocycles. The summed E-state index contributed by atoms with van der Waals surface area (Å²) in [7, 11) is 2.13. The van der Waals surface area contributed by atoms with Gasteiger partial charge in [-0.3, -0.25) is 0 Å². The van der Waals surface area contributed by atoms with Gasteiger partial charge in [0.25, 0.3) is 0 Å². The fourth-order valence-corrected chi connectivity index (χ4v) is 5.38. The smallest absolute Gasteiger partial charge is 0.226 e. The van der Waals surface area contributed by atoms with Crippen LogP contribution in [0.2, 0.25) is 5.28 Å². The lowest BCUT2D eigenvalue weighted by molar-refractivity contribution is 1.02. The standard InChI is InChI=1S/C30H19ClN4/c1-35-25-17-19(29-32-28(33-30(31)34-29)18-9-3-2-4-10-18)15-16-24(25)26-22-13-7-5-11-20(22)21-12-6-8-14-23(21)27(26)35/h2-17H,1H3. The van der Waals surface area contributed by atoms with Crippen molar-refractivity contribution >= 4 is 55.0 Å². The Hall–Kier alpha value is -4.28. The molecule has 2 aromatic heterocycles. The Bertz CT molecular complexity index is 1920. The first-order valence-electron chi connectivity index (χ1n) is 11.5. The second-order valence-electron chi connectivity index (χ2n) is 8.72. The molecule has 0 aliphatic heterocycles. The summed E-state index contributed by atoms with van der Waals surface area (Å²) in [5, 5.41) is 7.69. The van der Waals surface area contributed by atoms with Gasteiger partial charge in [-0.05, 0) is 33.8 Å². The molecule has 0 saturated heterocycles. The second-order valence-corrected chi connectivity index (χ2v) is 9.06. The fraction of sp³-hybridized carbons (Fsp3) is 0.0333. The van der Waals surface area contributed by atoms with Gasteiger partial charge in [-0.1, -0.05) is 91.0 Å². The third-order valence-electron chi connectivity index (χ3n) is 6.77. The van der Waals surface area contributed by atoms with E-state index in [1.54, 1.807) is 0 Å². The minimum atomic E-state index is 0.183. The van der Waals surface area contributed by atoms with Crippen molar-refractivity contribution in [3.05, 3.63) is 102 Å². The highest BCUT2D eigenvalue weighted by molar-refractivity contribution is 6.31. The van der Waals surface area contributed by atoms with E-state index < -0.39 is 0 Å². The van der Waals surface area contributed by atoms with Crippen LogP contribution in [0, 0.1) is 0 Å². The summed E-state index contributed by atoms with van der Waals surface area (Å²) in [4.78, 5) is 13.6. The van der Waals surface area contributed by atoms with E-state index in [2.05, 4.69) is 88.3 Å². The molecule has 0 unspecified atom stereocenters. The normalized spacial score (nSPS) is 11.7. The van der Waals surface area contributed by atoms with Gasteiger partial charge >= 0.3 is 0 Å². The molecule has 0 saturated carbocycles. The number of hydrogen-bond donors (Lipinski definition) is 0. The molecule has 0 atom stereocenters. The Morgan fingerprint density at radius 1 is 0.571 bits per heavy atom. The van der Waals surface area contributed by atoms with E-state index >= 15 is 0 Å². The molecule has 7 rings (SSSR count). The molecule has 5 heteroatoms. The summed E-state index contributed by atoms with van der Waals surface area (Å²) in [5.74, 6) is 1.13. The van der Waals surface area contributed by atoms with Crippen LogP contribution in [0.25, 0.3) is 66.1 Å². The van der Waals surface area contributed by atoms with E-state index in [1.807, 2.05) is 30.3 Å². The van der Waals surface area contributed by atoms with Crippen LogP contribution < -0.4 is 0 Å². The maximum absolute atomic E-state index is 6.33. The van der Waals surface area contributed by atoms with Crippen molar-refractivity contribution in [2.45, 2.75) is 0 Å². The van der Waals surface area contributed by atoms with Crippen LogP contribution in [0.4, 0.5) is 0 Å². The summed E-state index contributed by atoms with van der Waals surface area (Å²) in [6.07, 6.45) is 0. The molecule has 0 amide bonds. The molecule has 7 aromatic rings. The molecule has 35 heavy (non-hydrogen) atoms. The first-order chi connectivity index (χ1) is 17.2. The third-order valence-corrected chi connectivity index (χ3v) is 6.94. The minimum absolute atomic E-state index is 0.183. The average molecular weight is 471 g/mol. The van der Waals surface area contributed by atoms with Crippen LogP contribution in [-0.2, 0) is 7.05 Å². The lowest BCUT2D eigenvalue weighted by Crippen LogP contribution is -1.97. The zero-order valence-electron chi connectivity index (χ0n) is 18.9. The van der Waals surface area contributed by atoms with E-state index in [4.69, 9.17) is 16.6 Å². The number of hydrogen-bond acceptors (Lipinski definition) is 3. The van der Waals surface area contributed by atoms with Crippen LogP contribution in [0.15, 0.2) is 97.1 Å².